The number of Topliss-reactive ketones (excluding diaryl/α,β-unsaturated/α-hetero) is 1. The van der Waals surface area contributed by atoms with Crippen molar-refractivity contribution in [2.45, 2.75) is 60.3 Å². The third-order valence-electron chi connectivity index (χ3n) is 6.32. The SMILES string of the molecule is C#CC12C=C(C#N)C(=O)C=C1C1(C)C=C(CCC)C(=O)C(C)C1CC2.CC. The summed E-state index contributed by atoms with van der Waals surface area (Å²) in [5.74, 6) is 2.88. The van der Waals surface area contributed by atoms with Gasteiger partial charge in [0.15, 0.2) is 11.6 Å². The van der Waals surface area contributed by atoms with Gasteiger partial charge >= 0.3 is 0 Å². The number of hydrogen-bond acceptors (Lipinski definition) is 3. The summed E-state index contributed by atoms with van der Waals surface area (Å²) in [6.07, 6.45) is 14.4. The average Bonchev–Trinajstić information content (AvgIpc) is 2.68. The minimum Gasteiger partial charge on any atom is -0.294 e. The maximum absolute atomic E-state index is 12.7. The van der Waals surface area contributed by atoms with Gasteiger partial charge in [-0.05, 0) is 48.5 Å². The van der Waals surface area contributed by atoms with Crippen LogP contribution < -0.4 is 0 Å². The van der Waals surface area contributed by atoms with Crippen molar-refractivity contribution in [3.63, 3.8) is 0 Å². The number of nitriles is 1. The topological polar surface area (TPSA) is 57.9 Å². The van der Waals surface area contributed by atoms with Gasteiger partial charge in [0.25, 0.3) is 0 Å². The zero-order chi connectivity index (χ0) is 20.4. The molecule has 0 radical (unpaired) electrons. The van der Waals surface area contributed by atoms with Crippen LogP contribution in [0, 0.1) is 46.3 Å². The molecule has 0 aromatic rings. The van der Waals surface area contributed by atoms with E-state index in [0.29, 0.717) is 6.42 Å². The summed E-state index contributed by atoms with van der Waals surface area (Å²) in [7, 11) is 0. The van der Waals surface area contributed by atoms with E-state index in [1.807, 2.05) is 26.8 Å². The molecule has 0 aromatic carbocycles. The lowest BCUT2D eigenvalue weighted by atomic mass is 9.48. The first-order chi connectivity index (χ1) is 12.8. The van der Waals surface area contributed by atoms with Gasteiger partial charge in [-0.15, -0.1) is 6.42 Å². The first-order valence-corrected chi connectivity index (χ1v) is 9.96. The molecule has 142 valence electrons. The van der Waals surface area contributed by atoms with Crippen molar-refractivity contribution in [3.8, 4) is 18.4 Å². The van der Waals surface area contributed by atoms with E-state index in [1.165, 1.54) is 0 Å². The molecule has 4 atom stereocenters. The quantitative estimate of drug-likeness (QED) is 0.652. The fourth-order valence-corrected chi connectivity index (χ4v) is 5.06. The van der Waals surface area contributed by atoms with Crippen LogP contribution >= 0.6 is 0 Å². The van der Waals surface area contributed by atoms with Crippen molar-refractivity contribution < 1.29 is 9.59 Å². The van der Waals surface area contributed by atoms with E-state index in [1.54, 1.807) is 12.2 Å². The minimum atomic E-state index is -0.696. The number of carbonyl (C=O) groups excluding carboxylic acids is 2. The van der Waals surface area contributed by atoms with Gasteiger partial charge in [0.05, 0.1) is 11.0 Å². The minimum absolute atomic E-state index is 0.0790. The molecule has 0 bridgehead atoms. The molecule has 3 rings (SSSR count). The second-order valence-corrected chi connectivity index (χ2v) is 7.71. The maximum atomic E-state index is 12.7. The lowest BCUT2D eigenvalue weighted by molar-refractivity contribution is -0.123. The van der Waals surface area contributed by atoms with Crippen LogP contribution in [0.4, 0.5) is 0 Å². The third-order valence-corrected chi connectivity index (χ3v) is 6.32. The van der Waals surface area contributed by atoms with Gasteiger partial charge in [-0.1, -0.05) is 53.0 Å². The van der Waals surface area contributed by atoms with E-state index in [0.717, 1.165) is 30.4 Å². The Morgan fingerprint density at radius 1 is 1.30 bits per heavy atom. The highest BCUT2D eigenvalue weighted by molar-refractivity contribution is 6.09. The van der Waals surface area contributed by atoms with Crippen molar-refractivity contribution in [2.75, 3.05) is 0 Å². The maximum Gasteiger partial charge on any atom is 0.196 e. The largest absolute Gasteiger partial charge is 0.294 e. The van der Waals surface area contributed by atoms with Gasteiger partial charge in [0.1, 0.15) is 6.07 Å². The predicted octanol–water partition coefficient (Wildman–Crippen LogP) is 4.95. The number of hydrogen-bond donors (Lipinski definition) is 0. The molecule has 0 aliphatic heterocycles. The molecule has 3 aliphatic carbocycles. The molecule has 0 saturated heterocycles. The Morgan fingerprint density at radius 3 is 2.52 bits per heavy atom. The van der Waals surface area contributed by atoms with Crippen LogP contribution in [0.2, 0.25) is 0 Å². The van der Waals surface area contributed by atoms with Crippen LogP contribution in [0.25, 0.3) is 0 Å². The molecule has 3 heteroatoms. The van der Waals surface area contributed by atoms with Crippen LogP contribution in [0.15, 0.2) is 34.9 Å². The zero-order valence-corrected chi connectivity index (χ0v) is 17.1. The Morgan fingerprint density at radius 2 is 1.96 bits per heavy atom. The number of rotatable bonds is 2. The average molecular weight is 364 g/mol. The van der Waals surface area contributed by atoms with Crippen LogP contribution in [0.1, 0.15) is 60.3 Å². The highest BCUT2D eigenvalue weighted by Gasteiger charge is 2.55. The Balaban J connectivity index is 0.00000126. The highest BCUT2D eigenvalue weighted by atomic mass is 16.1. The number of nitrogens with zero attached hydrogens (tertiary/aromatic N) is 1. The van der Waals surface area contributed by atoms with Gasteiger partial charge in [0, 0.05) is 11.3 Å². The molecule has 1 saturated carbocycles. The van der Waals surface area contributed by atoms with Gasteiger partial charge in [-0.3, -0.25) is 9.59 Å². The van der Waals surface area contributed by atoms with Crippen molar-refractivity contribution in [2.24, 2.45) is 22.7 Å². The second-order valence-electron chi connectivity index (χ2n) is 7.71. The molecular formula is C24H29NO2. The number of fused-ring (bicyclic) bond motifs is 3. The Hall–Kier alpha value is -2.39. The van der Waals surface area contributed by atoms with Crippen molar-refractivity contribution >= 4 is 11.6 Å². The fourth-order valence-electron chi connectivity index (χ4n) is 5.06. The van der Waals surface area contributed by atoms with E-state index >= 15 is 0 Å². The van der Waals surface area contributed by atoms with E-state index in [4.69, 9.17) is 6.42 Å². The monoisotopic (exact) mass is 363 g/mol. The molecule has 0 N–H and O–H groups in total. The van der Waals surface area contributed by atoms with E-state index in [9.17, 15) is 14.9 Å². The van der Waals surface area contributed by atoms with Crippen molar-refractivity contribution in [1.29, 1.82) is 5.26 Å². The Kier molecular flexibility index (Phi) is 5.96. The number of ketones is 2. The molecule has 0 amide bonds. The van der Waals surface area contributed by atoms with Crippen molar-refractivity contribution in [3.05, 3.63) is 34.9 Å². The molecule has 1 fully saturated rings. The standard InChI is InChI=1S/C22H23NO2.C2H6/c1-5-7-15-11-21(4)17(14(3)20(15)25)8-9-22(6-2)12-16(13-23)18(24)10-19(21)22;1-2/h2,10-12,14,17H,5,7-9H2,1,3-4H3;1-2H3. The van der Waals surface area contributed by atoms with Gasteiger partial charge < -0.3 is 0 Å². The second kappa shape index (κ2) is 7.69. The van der Waals surface area contributed by atoms with Crippen LogP contribution in [0.5, 0.6) is 0 Å². The summed E-state index contributed by atoms with van der Waals surface area (Å²) in [6, 6.07) is 1.98. The molecule has 27 heavy (non-hydrogen) atoms. The summed E-state index contributed by atoms with van der Waals surface area (Å²) in [5.41, 5.74) is 0.746. The lowest BCUT2D eigenvalue weighted by Crippen LogP contribution is -2.49. The summed E-state index contributed by atoms with van der Waals surface area (Å²) < 4.78 is 0. The molecule has 3 aliphatic rings. The van der Waals surface area contributed by atoms with E-state index < -0.39 is 10.8 Å². The predicted molar refractivity (Wildman–Crippen MR) is 107 cm³/mol. The smallest absolute Gasteiger partial charge is 0.196 e. The molecule has 0 aromatic heterocycles. The third kappa shape index (κ3) is 3.10. The van der Waals surface area contributed by atoms with Crippen molar-refractivity contribution in [1.82, 2.24) is 0 Å². The molecular weight excluding hydrogens is 334 g/mol. The first-order valence-electron chi connectivity index (χ1n) is 9.96. The van der Waals surface area contributed by atoms with Crippen LogP contribution in [-0.4, -0.2) is 11.6 Å². The first kappa shape index (κ1) is 20.9. The summed E-state index contributed by atoms with van der Waals surface area (Å²) in [5, 5.41) is 9.25. The Labute approximate surface area is 163 Å². The molecule has 3 nitrogen and oxygen atoms in total. The van der Waals surface area contributed by atoms with Gasteiger partial charge in [-0.2, -0.15) is 5.26 Å². The molecule has 0 spiro atoms. The normalized spacial score (nSPS) is 34.4. The van der Waals surface area contributed by atoms with E-state index in [2.05, 4.69) is 25.8 Å². The molecule has 0 heterocycles. The van der Waals surface area contributed by atoms with Crippen LogP contribution in [-0.2, 0) is 9.59 Å². The van der Waals surface area contributed by atoms with Gasteiger partial charge in [0.2, 0.25) is 0 Å². The number of allylic oxidation sites excluding steroid dienone is 6. The Bertz CT molecular complexity index is 829. The van der Waals surface area contributed by atoms with Gasteiger partial charge in [-0.25, -0.2) is 0 Å². The number of carbonyl (C=O) groups is 2. The summed E-state index contributed by atoms with van der Waals surface area (Å²) >= 11 is 0. The fraction of sp³-hybridized carbons (Fsp3) is 0.542. The molecule has 4 unspecified atom stereocenters. The van der Waals surface area contributed by atoms with Crippen LogP contribution in [0.3, 0.4) is 0 Å². The highest BCUT2D eigenvalue weighted by Crippen LogP contribution is 2.60. The number of terminal acetylenes is 1. The van der Waals surface area contributed by atoms with E-state index in [-0.39, 0.29) is 29.0 Å². The lowest BCUT2D eigenvalue weighted by Gasteiger charge is -2.53. The summed E-state index contributed by atoms with van der Waals surface area (Å²) in [6.45, 7) is 10.2. The summed E-state index contributed by atoms with van der Waals surface area (Å²) in [4.78, 5) is 25.1. The zero-order valence-electron chi connectivity index (χ0n) is 17.1.